The molecule has 0 N–H and O–H groups in total. The highest BCUT2D eigenvalue weighted by atomic mass is 14.6. The highest BCUT2D eigenvalue weighted by Gasteiger charge is 2.56. The third-order valence-electron chi connectivity index (χ3n) is 10.7. The molecule has 4 aliphatic carbocycles. The molecule has 2 fully saturated rings. The van der Waals surface area contributed by atoms with Gasteiger partial charge < -0.3 is 0 Å². The van der Waals surface area contributed by atoms with Crippen LogP contribution < -0.4 is 0 Å². The lowest BCUT2D eigenvalue weighted by Crippen LogP contribution is -2.48. The lowest BCUT2D eigenvalue weighted by atomic mass is 9.46. The first-order valence-electron chi connectivity index (χ1n) is 13.0. The van der Waals surface area contributed by atoms with Gasteiger partial charge in [-0.15, -0.1) is 0 Å². The minimum absolute atomic E-state index is 0. The molecule has 5 unspecified atom stereocenters. The third kappa shape index (κ3) is 3.77. The maximum atomic E-state index is 4.32. The van der Waals surface area contributed by atoms with Crippen LogP contribution in [0.5, 0.6) is 0 Å². The fraction of sp³-hybridized carbons (Fsp3) is 0.867. The summed E-state index contributed by atoms with van der Waals surface area (Å²) in [7, 11) is 0. The van der Waals surface area contributed by atoms with Gasteiger partial charge in [-0.2, -0.15) is 0 Å². The first-order chi connectivity index (χ1) is 13.6. The summed E-state index contributed by atoms with van der Waals surface area (Å²) in [5, 5.41) is 0. The Kier molecular flexibility index (Phi) is 6.79. The normalized spacial score (nSPS) is 39.8. The van der Waals surface area contributed by atoms with Crippen molar-refractivity contribution in [2.24, 2.45) is 39.9 Å². The molecule has 0 aliphatic heterocycles. The standard InChI is InChI=1S/C29H48.CH4/c1-20(2)21(3)10-8-11-22-12-14-24-23-13-15-26-27(4,5)17-9-18-29(26,7)25(23)16-19-28(22,24)6;/h20,22,24,26H,3,8-19H2,1-2,4-7H3;1H4. The summed E-state index contributed by atoms with van der Waals surface area (Å²) in [6, 6.07) is 0. The Bertz CT molecular complexity index is 676. The molecular formula is C30H52. The van der Waals surface area contributed by atoms with E-state index in [0.717, 1.165) is 17.8 Å². The Balaban J connectivity index is 0.00000256. The second-order valence-corrected chi connectivity index (χ2v) is 12.9. The summed E-state index contributed by atoms with van der Waals surface area (Å²) in [5.74, 6) is 3.44. The number of hydrogen-bond acceptors (Lipinski definition) is 0. The van der Waals surface area contributed by atoms with E-state index >= 15 is 0 Å². The van der Waals surface area contributed by atoms with Crippen molar-refractivity contribution >= 4 is 0 Å². The van der Waals surface area contributed by atoms with Gasteiger partial charge in [0.05, 0.1) is 0 Å². The SMILES string of the molecule is C.C=C(CCCC1CCC2C3=C(CCC12C)C1(C)CCCC(C)(C)C1CC3)C(C)C. The molecule has 4 aliphatic rings. The quantitative estimate of drug-likeness (QED) is 0.394. The number of fused-ring (bicyclic) bond motifs is 4. The fourth-order valence-electron chi connectivity index (χ4n) is 8.84. The van der Waals surface area contributed by atoms with Gasteiger partial charge in [0.25, 0.3) is 0 Å². The van der Waals surface area contributed by atoms with Gasteiger partial charge in [0.2, 0.25) is 0 Å². The zero-order valence-corrected chi connectivity index (χ0v) is 20.5. The zero-order valence-electron chi connectivity index (χ0n) is 20.5. The molecule has 5 atom stereocenters. The van der Waals surface area contributed by atoms with Gasteiger partial charge in [-0.3, -0.25) is 0 Å². The molecule has 0 aromatic carbocycles. The molecule has 0 heteroatoms. The first kappa shape index (κ1) is 24.1. The van der Waals surface area contributed by atoms with E-state index < -0.39 is 0 Å². The van der Waals surface area contributed by atoms with Gasteiger partial charge in [0.15, 0.2) is 0 Å². The van der Waals surface area contributed by atoms with Crippen molar-refractivity contribution in [2.45, 2.75) is 126 Å². The molecule has 4 rings (SSSR count). The highest BCUT2D eigenvalue weighted by Crippen LogP contribution is 2.67. The molecule has 0 heterocycles. The molecule has 0 nitrogen and oxygen atoms in total. The Morgan fingerprint density at radius 2 is 1.73 bits per heavy atom. The van der Waals surface area contributed by atoms with Crippen LogP contribution in [0.15, 0.2) is 23.3 Å². The topological polar surface area (TPSA) is 0 Å². The van der Waals surface area contributed by atoms with E-state index in [0.29, 0.717) is 22.2 Å². The largest absolute Gasteiger partial charge is 0.0996 e. The molecule has 172 valence electrons. The van der Waals surface area contributed by atoms with Gasteiger partial charge in [0.1, 0.15) is 0 Å². The number of hydrogen-bond donors (Lipinski definition) is 0. The van der Waals surface area contributed by atoms with Crippen molar-refractivity contribution in [2.75, 3.05) is 0 Å². The zero-order chi connectivity index (χ0) is 21.0. The molecule has 0 amide bonds. The van der Waals surface area contributed by atoms with Crippen molar-refractivity contribution in [1.29, 1.82) is 0 Å². The van der Waals surface area contributed by atoms with Gasteiger partial charge in [-0.25, -0.2) is 0 Å². The Morgan fingerprint density at radius 3 is 2.43 bits per heavy atom. The molecule has 0 spiro atoms. The monoisotopic (exact) mass is 412 g/mol. The van der Waals surface area contributed by atoms with Crippen molar-refractivity contribution in [1.82, 2.24) is 0 Å². The van der Waals surface area contributed by atoms with Crippen molar-refractivity contribution in [3.63, 3.8) is 0 Å². The smallest absolute Gasteiger partial charge is 0.00802 e. The van der Waals surface area contributed by atoms with Crippen LogP contribution in [0.1, 0.15) is 126 Å². The van der Waals surface area contributed by atoms with Crippen molar-refractivity contribution in [3.05, 3.63) is 23.3 Å². The summed E-state index contributed by atoms with van der Waals surface area (Å²) < 4.78 is 0. The molecule has 0 aromatic heterocycles. The van der Waals surface area contributed by atoms with Crippen LogP contribution in [-0.2, 0) is 0 Å². The summed E-state index contributed by atoms with van der Waals surface area (Å²) in [5.41, 5.74) is 7.06. The maximum absolute atomic E-state index is 4.32. The van der Waals surface area contributed by atoms with Crippen LogP contribution in [0, 0.1) is 39.9 Å². The molecule has 0 bridgehead atoms. The second-order valence-electron chi connectivity index (χ2n) is 12.9. The van der Waals surface area contributed by atoms with Gasteiger partial charge in [0, 0.05) is 0 Å². The van der Waals surface area contributed by atoms with Crippen LogP contribution in [0.4, 0.5) is 0 Å². The van der Waals surface area contributed by atoms with Crippen LogP contribution >= 0.6 is 0 Å². The van der Waals surface area contributed by atoms with E-state index in [1.807, 2.05) is 11.1 Å². The minimum Gasteiger partial charge on any atom is -0.0996 e. The Morgan fingerprint density at radius 1 is 1.00 bits per heavy atom. The highest BCUT2D eigenvalue weighted by molar-refractivity contribution is 5.35. The van der Waals surface area contributed by atoms with Gasteiger partial charge in [-0.1, -0.05) is 78.7 Å². The Labute approximate surface area is 189 Å². The second kappa shape index (κ2) is 8.44. The lowest BCUT2D eigenvalue weighted by Gasteiger charge is -2.58. The molecular weight excluding hydrogens is 360 g/mol. The van der Waals surface area contributed by atoms with Crippen molar-refractivity contribution in [3.8, 4) is 0 Å². The molecule has 30 heavy (non-hydrogen) atoms. The van der Waals surface area contributed by atoms with Gasteiger partial charge in [-0.05, 0) is 111 Å². The molecule has 0 aromatic rings. The molecule has 2 saturated carbocycles. The minimum atomic E-state index is 0. The average Bonchev–Trinajstić information content (AvgIpc) is 2.97. The predicted octanol–water partition coefficient (Wildman–Crippen LogP) is 9.75. The van der Waals surface area contributed by atoms with Gasteiger partial charge >= 0.3 is 0 Å². The van der Waals surface area contributed by atoms with Crippen LogP contribution in [0.2, 0.25) is 0 Å². The summed E-state index contributed by atoms with van der Waals surface area (Å²) in [6.07, 6.45) is 17.1. The number of allylic oxidation sites excluding steroid dienone is 3. The summed E-state index contributed by atoms with van der Waals surface area (Å²) in [6.45, 7) is 19.4. The van der Waals surface area contributed by atoms with Crippen LogP contribution in [-0.4, -0.2) is 0 Å². The predicted molar refractivity (Wildman–Crippen MR) is 134 cm³/mol. The number of rotatable bonds is 5. The van der Waals surface area contributed by atoms with Crippen LogP contribution in [0.25, 0.3) is 0 Å². The van der Waals surface area contributed by atoms with E-state index in [-0.39, 0.29) is 7.43 Å². The van der Waals surface area contributed by atoms with Crippen molar-refractivity contribution < 1.29 is 0 Å². The third-order valence-corrected chi connectivity index (χ3v) is 10.7. The van der Waals surface area contributed by atoms with E-state index in [1.54, 1.807) is 0 Å². The summed E-state index contributed by atoms with van der Waals surface area (Å²) >= 11 is 0. The fourth-order valence-corrected chi connectivity index (χ4v) is 8.84. The average molecular weight is 413 g/mol. The van der Waals surface area contributed by atoms with E-state index in [4.69, 9.17) is 0 Å². The molecule has 0 saturated heterocycles. The first-order valence-corrected chi connectivity index (χ1v) is 13.0. The van der Waals surface area contributed by atoms with Crippen LogP contribution in [0.3, 0.4) is 0 Å². The van der Waals surface area contributed by atoms with E-state index in [1.165, 1.54) is 82.6 Å². The maximum Gasteiger partial charge on any atom is -0.00802 e. The van der Waals surface area contributed by atoms with E-state index in [2.05, 4.69) is 48.1 Å². The summed E-state index contributed by atoms with van der Waals surface area (Å²) in [4.78, 5) is 0. The Hall–Kier alpha value is -0.520. The van der Waals surface area contributed by atoms with E-state index in [9.17, 15) is 0 Å². The molecule has 0 radical (unpaired) electrons. The lowest BCUT2D eigenvalue weighted by molar-refractivity contribution is -0.00199.